The Hall–Kier alpha value is -2.44. The molecule has 0 aromatic rings. The first-order valence-electron chi connectivity index (χ1n) is 9.14. The van der Waals surface area contributed by atoms with Gasteiger partial charge in [0.25, 0.3) is 0 Å². The number of nitrogens with zero attached hydrogens (tertiary/aromatic N) is 2. The fourth-order valence-corrected chi connectivity index (χ4v) is 1.63. The number of rotatable bonds is 15. The maximum absolute atomic E-state index is 10.6. The predicted octanol–water partition coefficient (Wildman–Crippen LogP) is -5.51. The molecule has 32 heavy (non-hydrogen) atoms. The minimum absolute atomic E-state index is 0.0703. The topological polar surface area (TPSA) is 294 Å². The van der Waals surface area contributed by atoms with Gasteiger partial charge < -0.3 is 52.9 Å². The van der Waals surface area contributed by atoms with Gasteiger partial charge in [-0.3, -0.25) is 29.0 Å². The number of aliphatic carboxylic acids is 4. The summed E-state index contributed by atoms with van der Waals surface area (Å²) in [5.74, 6) is -4.91. The molecule has 0 amide bonds. The van der Waals surface area contributed by atoms with Crippen LogP contribution in [0.2, 0.25) is 0 Å². The molecule has 190 valence electrons. The second-order valence-corrected chi connectivity index (χ2v) is 6.41. The summed E-state index contributed by atoms with van der Waals surface area (Å²) in [4.78, 5) is 44.4. The molecule has 0 unspecified atom stereocenters. The molecule has 0 aliphatic carbocycles. The molecule has 0 aromatic carbocycles. The number of aliphatic hydroxyl groups excluding tert-OH is 3. The maximum atomic E-state index is 10.6. The minimum Gasteiger partial charge on any atom is -0.480 e. The highest BCUT2D eigenvalue weighted by Gasteiger charge is 2.21. The maximum Gasteiger partial charge on any atom is 0.317 e. The number of carboxylic acid groups (broad SMARTS) is 4. The Kier molecular flexibility index (Phi) is 21.9. The Morgan fingerprint density at radius 3 is 0.906 bits per heavy atom. The smallest absolute Gasteiger partial charge is 0.317 e. The summed E-state index contributed by atoms with van der Waals surface area (Å²) in [7, 11) is 0. The van der Waals surface area contributed by atoms with Gasteiger partial charge in [-0.2, -0.15) is 0 Å². The molecule has 16 nitrogen and oxygen atoms in total. The second-order valence-electron chi connectivity index (χ2n) is 6.41. The lowest BCUT2D eigenvalue weighted by atomic mass is 10.1. The normalized spacial score (nSPS) is 10.6. The fourth-order valence-electron chi connectivity index (χ4n) is 1.63. The van der Waals surface area contributed by atoms with Crippen LogP contribution in [-0.4, -0.2) is 147 Å². The summed E-state index contributed by atoms with van der Waals surface area (Å²) in [5, 5.41) is 59.5. The van der Waals surface area contributed by atoms with Gasteiger partial charge in [-0.15, -0.1) is 0 Å². The van der Waals surface area contributed by atoms with Gasteiger partial charge in [0.2, 0.25) is 0 Å². The lowest BCUT2D eigenvalue weighted by Crippen LogP contribution is -2.50. The fraction of sp³-hybridized carbons (Fsp3) is 0.750. The lowest BCUT2D eigenvalue weighted by molar-refractivity contribution is -0.145. The summed E-state index contributed by atoms with van der Waals surface area (Å²) < 4.78 is 0. The third-order valence-electron chi connectivity index (χ3n) is 3.28. The first kappa shape index (κ1) is 34.2. The van der Waals surface area contributed by atoms with Gasteiger partial charge in [-0.25, -0.2) is 0 Å². The van der Waals surface area contributed by atoms with E-state index in [0.717, 1.165) is 9.80 Å². The van der Waals surface area contributed by atoms with Crippen molar-refractivity contribution in [3.8, 4) is 0 Å². The molecule has 0 radical (unpaired) electrons. The van der Waals surface area contributed by atoms with E-state index in [1.165, 1.54) is 0 Å². The number of aliphatic hydroxyl groups is 3. The van der Waals surface area contributed by atoms with Crippen molar-refractivity contribution in [1.82, 2.24) is 9.80 Å². The monoisotopic (exact) mass is 473 g/mol. The largest absolute Gasteiger partial charge is 0.480 e. The highest BCUT2D eigenvalue weighted by molar-refractivity contribution is 5.73. The Balaban J connectivity index is -0.000000575. The van der Waals surface area contributed by atoms with Gasteiger partial charge in [-0.1, -0.05) is 0 Å². The Morgan fingerprint density at radius 1 is 0.594 bits per heavy atom. The van der Waals surface area contributed by atoms with E-state index in [1.807, 2.05) is 0 Å². The molecule has 0 aromatic heterocycles. The molecule has 0 atom stereocenters. The van der Waals surface area contributed by atoms with Crippen LogP contribution in [0.25, 0.3) is 0 Å². The highest BCUT2D eigenvalue weighted by Crippen LogP contribution is 1.94. The van der Waals surface area contributed by atoms with Crippen LogP contribution < -0.4 is 17.2 Å². The molecule has 0 bridgehead atoms. The molecular formula is C16H35N5O11. The average molecular weight is 473 g/mol. The van der Waals surface area contributed by atoms with Crippen LogP contribution in [-0.2, 0) is 19.2 Å². The number of hydrogen-bond donors (Lipinski definition) is 10. The third kappa shape index (κ3) is 23.8. The summed E-state index contributed by atoms with van der Waals surface area (Å²) in [6, 6.07) is 0. The van der Waals surface area contributed by atoms with Crippen molar-refractivity contribution in [2.24, 2.45) is 17.2 Å². The third-order valence-corrected chi connectivity index (χ3v) is 3.28. The Bertz CT molecular complexity index is 468. The van der Waals surface area contributed by atoms with Crippen molar-refractivity contribution < 1.29 is 54.9 Å². The summed E-state index contributed by atoms with van der Waals surface area (Å²) >= 11 is 0. The van der Waals surface area contributed by atoms with Crippen molar-refractivity contribution >= 4 is 23.9 Å². The molecule has 0 fully saturated rings. The van der Waals surface area contributed by atoms with Crippen LogP contribution in [0.15, 0.2) is 0 Å². The van der Waals surface area contributed by atoms with Crippen LogP contribution in [0.4, 0.5) is 0 Å². The van der Waals surface area contributed by atoms with E-state index in [0.29, 0.717) is 13.1 Å². The molecule has 13 N–H and O–H groups in total. The van der Waals surface area contributed by atoms with E-state index in [9.17, 15) is 19.2 Å². The van der Waals surface area contributed by atoms with Crippen molar-refractivity contribution in [2.75, 3.05) is 72.2 Å². The zero-order chi connectivity index (χ0) is 25.7. The number of carbonyl (C=O) groups is 4. The standard InChI is InChI=1S/C10H16N2O8.C4H11NO3.C2H8N2/c13-7(14)3-11(4-8(15)16)1-2-12(5-9(17)18)6-10(19)20;5-4(1-6,2-7)3-8;3-1-2-4/h1-6H2,(H,13,14)(H,15,16)(H,17,18)(H,19,20);6-8H,1-3,5H2;1-4H2. The van der Waals surface area contributed by atoms with E-state index < -0.39 is 75.4 Å². The summed E-state index contributed by atoms with van der Waals surface area (Å²) in [5.41, 5.74) is 13.7. The van der Waals surface area contributed by atoms with Crippen LogP contribution in [0.3, 0.4) is 0 Å². The zero-order valence-electron chi connectivity index (χ0n) is 17.7. The van der Waals surface area contributed by atoms with Gasteiger partial charge in [0.15, 0.2) is 0 Å². The lowest BCUT2D eigenvalue weighted by Gasteiger charge is -2.23. The molecule has 0 spiro atoms. The molecule has 0 saturated carbocycles. The summed E-state index contributed by atoms with van der Waals surface area (Å²) in [6.45, 7) is -2.26. The van der Waals surface area contributed by atoms with Gasteiger partial charge in [0.05, 0.1) is 51.5 Å². The molecule has 16 heteroatoms. The number of carboxylic acids is 4. The first-order valence-corrected chi connectivity index (χ1v) is 9.14. The molecule has 0 aliphatic rings. The van der Waals surface area contributed by atoms with E-state index in [-0.39, 0.29) is 13.1 Å². The van der Waals surface area contributed by atoms with Crippen LogP contribution in [0.5, 0.6) is 0 Å². The van der Waals surface area contributed by atoms with Crippen LogP contribution in [0, 0.1) is 0 Å². The van der Waals surface area contributed by atoms with Crippen molar-refractivity contribution in [2.45, 2.75) is 5.54 Å². The molecular weight excluding hydrogens is 438 g/mol. The highest BCUT2D eigenvalue weighted by atomic mass is 16.4. The number of nitrogens with two attached hydrogens (primary N) is 3. The van der Waals surface area contributed by atoms with E-state index in [2.05, 4.69) is 0 Å². The van der Waals surface area contributed by atoms with E-state index in [4.69, 9.17) is 52.9 Å². The molecule has 0 saturated heterocycles. The van der Waals surface area contributed by atoms with Gasteiger partial charge in [0, 0.05) is 26.2 Å². The zero-order valence-corrected chi connectivity index (χ0v) is 17.7. The Labute approximate surface area is 184 Å². The van der Waals surface area contributed by atoms with E-state index in [1.54, 1.807) is 0 Å². The summed E-state index contributed by atoms with van der Waals surface area (Å²) in [6.07, 6.45) is 0. The average Bonchev–Trinajstić information content (AvgIpc) is 2.70. The van der Waals surface area contributed by atoms with Crippen molar-refractivity contribution in [3.05, 3.63) is 0 Å². The van der Waals surface area contributed by atoms with Crippen molar-refractivity contribution in [1.29, 1.82) is 0 Å². The first-order chi connectivity index (χ1) is 14.8. The Morgan fingerprint density at radius 2 is 0.812 bits per heavy atom. The van der Waals surface area contributed by atoms with Gasteiger partial charge in [-0.05, 0) is 0 Å². The van der Waals surface area contributed by atoms with Gasteiger partial charge in [0.1, 0.15) is 0 Å². The van der Waals surface area contributed by atoms with Crippen LogP contribution in [0.1, 0.15) is 0 Å². The second kappa shape index (κ2) is 20.5. The molecule has 0 aliphatic heterocycles. The molecule has 0 rings (SSSR count). The SMILES string of the molecule is NC(CO)(CO)CO.NCCN.O=C(O)CN(CCN(CC(=O)O)CC(=O)O)CC(=O)O. The molecule has 0 heterocycles. The number of hydrogen-bond acceptors (Lipinski definition) is 12. The van der Waals surface area contributed by atoms with Crippen LogP contribution >= 0.6 is 0 Å². The predicted molar refractivity (Wildman–Crippen MR) is 110 cm³/mol. The van der Waals surface area contributed by atoms with E-state index >= 15 is 0 Å². The van der Waals surface area contributed by atoms with Crippen molar-refractivity contribution in [3.63, 3.8) is 0 Å². The minimum atomic E-state index is -1.23. The van der Waals surface area contributed by atoms with Gasteiger partial charge >= 0.3 is 23.9 Å². The quantitative estimate of drug-likeness (QED) is 0.106.